The van der Waals surface area contributed by atoms with Crippen LogP contribution in [0.25, 0.3) is 6.08 Å². The molecule has 9 heteroatoms. The summed E-state index contributed by atoms with van der Waals surface area (Å²) in [5.74, 6) is -1.29. The minimum atomic E-state index is -1.03. The van der Waals surface area contributed by atoms with Gasteiger partial charge in [-0.2, -0.15) is 0 Å². The van der Waals surface area contributed by atoms with Crippen LogP contribution in [-0.4, -0.2) is 31.0 Å². The van der Waals surface area contributed by atoms with Crippen molar-refractivity contribution in [1.82, 2.24) is 10.9 Å². The highest BCUT2D eigenvalue weighted by atomic mass is 19.1. The lowest BCUT2D eigenvalue weighted by atomic mass is 10.2. The second-order valence-electron chi connectivity index (χ2n) is 5.88. The van der Waals surface area contributed by atoms with E-state index in [4.69, 9.17) is 9.15 Å². The summed E-state index contributed by atoms with van der Waals surface area (Å²) in [5.41, 5.74) is 4.37. The van der Waals surface area contributed by atoms with Crippen molar-refractivity contribution >= 4 is 23.9 Å². The molecule has 0 spiro atoms. The van der Waals surface area contributed by atoms with Gasteiger partial charge in [-0.3, -0.25) is 25.2 Å². The number of aryl methyl sites for hydroxylation is 1. The lowest BCUT2D eigenvalue weighted by molar-refractivity contribution is -0.140. The zero-order chi connectivity index (χ0) is 21.2. The van der Waals surface area contributed by atoms with E-state index < -0.39 is 23.7 Å². The zero-order valence-electron chi connectivity index (χ0n) is 15.9. The first kappa shape index (κ1) is 21.7. The van der Waals surface area contributed by atoms with Crippen molar-refractivity contribution in [2.45, 2.75) is 25.9 Å². The summed E-state index contributed by atoms with van der Waals surface area (Å²) < 4.78 is 28.7. The molecule has 2 N–H and O–H groups in total. The topological polar surface area (TPSA) is 107 Å². The molecule has 1 atom stereocenters. The lowest BCUT2D eigenvalue weighted by Crippen LogP contribution is -2.46. The number of para-hydroxylation sites is 1. The van der Waals surface area contributed by atoms with Crippen LogP contribution in [0.15, 0.2) is 46.9 Å². The van der Waals surface area contributed by atoms with Gasteiger partial charge in [0.05, 0.1) is 13.5 Å². The third kappa shape index (κ3) is 7.13. The van der Waals surface area contributed by atoms with Crippen LogP contribution in [0, 0.1) is 5.82 Å². The summed E-state index contributed by atoms with van der Waals surface area (Å²) in [7, 11) is 1.31. The van der Waals surface area contributed by atoms with Gasteiger partial charge in [0.2, 0.25) is 0 Å². The van der Waals surface area contributed by atoms with Crippen LogP contribution in [0.5, 0.6) is 5.75 Å². The summed E-state index contributed by atoms with van der Waals surface area (Å²) in [6, 6.07) is 9.00. The Balaban J connectivity index is 1.77. The van der Waals surface area contributed by atoms with E-state index in [0.29, 0.717) is 17.9 Å². The first-order valence-electron chi connectivity index (χ1n) is 8.73. The van der Waals surface area contributed by atoms with Crippen molar-refractivity contribution in [3.8, 4) is 5.75 Å². The summed E-state index contributed by atoms with van der Waals surface area (Å²) in [6.45, 7) is 1.42. The minimum Gasteiger partial charge on any atom is -0.478 e. The quantitative estimate of drug-likeness (QED) is 0.397. The van der Waals surface area contributed by atoms with Crippen LogP contribution >= 0.6 is 0 Å². The fourth-order valence-corrected chi connectivity index (χ4v) is 2.15. The number of hydrazine groups is 1. The molecule has 1 aromatic carbocycles. The van der Waals surface area contributed by atoms with Crippen LogP contribution in [0.1, 0.15) is 24.9 Å². The fourth-order valence-electron chi connectivity index (χ4n) is 2.15. The van der Waals surface area contributed by atoms with Gasteiger partial charge in [-0.25, -0.2) is 4.39 Å². The SMILES string of the molecule is COC(=O)CCc1ccc(/C=C/C(=O)NNC(=O)[C@H](C)Oc2ccccc2F)o1. The number of esters is 1. The van der Waals surface area contributed by atoms with Gasteiger partial charge in [0.25, 0.3) is 11.8 Å². The summed E-state index contributed by atoms with van der Waals surface area (Å²) in [5, 5.41) is 0. The molecule has 0 unspecified atom stereocenters. The predicted molar refractivity (Wildman–Crippen MR) is 101 cm³/mol. The van der Waals surface area contributed by atoms with E-state index in [1.807, 2.05) is 0 Å². The molecule has 0 aliphatic rings. The number of carbonyl (C=O) groups excluding carboxylic acids is 3. The van der Waals surface area contributed by atoms with Gasteiger partial charge in [-0.15, -0.1) is 0 Å². The molecule has 0 radical (unpaired) electrons. The average molecular weight is 404 g/mol. The number of ether oxygens (including phenoxy) is 2. The van der Waals surface area contributed by atoms with Crippen molar-refractivity contribution in [2.24, 2.45) is 0 Å². The van der Waals surface area contributed by atoms with E-state index >= 15 is 0 Å². The minimum absolute atomic E-state index is 0.0674. The molecular weight excluding hydrogens is 383 g/mol. The molecule has 2 amide bonds. The molecular formula is C20H21FN2O6. The molecule has 0 saturated carbocycles. The van der Waals surface area contributed by atoms with Crippen molar-refractivity contribution in [1.29, 1.82) is 0 Å². The third-order valence-electron chi connectivity index (χ3n) is 3.70. The van der Waals surface area contributed by atoms with Crippen LogP contribution in [0.2, 0.25) is 0 Å². The van der Waals surface area contributed by atoms with Crippen LogP contribution in [-0.2, 0) is 25.5 Å². The number of halogens is 1. The van der Waals surface area contributed by atoms with E-state index in [-0.39, 0.29) is 18.1 Å². The van der Waals surface area contributed by atoms with Crippen molar-refractivity contribution < 1.29 is 32.7 Å². The normalized spacial score (nSPS) is 11.7. The molecule has 29 heavy (non-hydrogen) atoms. The Hall–Kier alpha value is -3.62. The molecule has 0 fully saturated rings. The second-order valence-corrected chi connectivity index (χ2v) is 5.88. The largest absolute Gasteiger partial charge is 0.478 e. The van der Waals surface area contributed by atoms with Crippen molar-refractivity contribution in [3.63, 3.8) is 0 Å². The number of carbonyl (C=O) groups is 3. The molecule has 1 aromatic heterocycles. The number of benzene rings is 1. The van der Waals surface area contributed by atoms with Crippen LogP contribution < -0.4 is 15.6 Å². The maximum absolute atomic E-state index is 13.5. The monoisotopic (exact) mass is 404 g/mol. The van der Waals surface area contributed by atoms with Crippen molar-refractivity contribution in [3.05, 3.63) is 59.8 Å². The van der Waals surface area contributed by atoms with Gasteiger partial charge in [-0.1, -0.05) is 12.1 Å². The summed E-state index contributed by atoms with van der Waals surface area (Å²) >= 11 is 0. The van der Waals surface area contributed by atoms with E-state index in [9.17, 15) is 18.8 Å². The number of methoxy groups -OCH3 is 1. The smallest absolute Gasteiger partial charge is 0.305 e. The maximum Gasteiger partial charge on any atom is 0.305 e. The second kappa shape index (κ2) is 10.6. The molecule has 2 aromatic rings. The van der Waals surface area contributed by atoms with Crippen LogP contribution in [0.4, 0.5) is 4.39 Å². The van der Waals surface area contributed by atoms with Gasteiger partial charge < -0.3 is 13.9 Å². The fraction of sp³-hybridized carbons (Fsp3) is 0.250. The predicted octanol–water partition coefficient (Wildman–Crippen LogP) is 2.15. The Labute approximate surface area is 166 Å². The van der Waals surface area contributed by atoms with Crippen molar-refractivity contribution in [2.75, 3.05) is 7.11 Å². The molecule has 0 aliphatic carbocycles. The van der Waals surface area contributed by atoms with Gasteiger partial charge in [0.1, 0.15) is 11.5 Å². The van der Waals surface area contributed by atoms with E-state index in [2.05, 4.69) is 15.6 Å². The zero-order valence-corrected chi connectivity index (χ0v) is 15.9. The summed E-state index contributed by atoms with van der Waals surface area (Å²) in [6.07, 6.45) is 2.10. The lowest BCUT2D eigenvalue weighted by Gasteiger charge is -2.15. The molecule has 154 valence electrons. The Bertz CT molecular complexity index is 893. The Morgan fingerprint density at radius 3 is 2.66 bits per heavy atom. The highest BCUT2D eigenvalue weighted by Crippen LogP contribution is 2.17. The Morgan fingerprint density at radius 1 is 1.17 bits per heavy atom. The van der Waals surface area contributed by atoms with Gasteiger partial charge in [0, 0.05) is 12.5 Å². The molecule has 0 aliphatic heterocycles. The summed E-state index contributed by atoms with van der Waals surface area (Å²) in [4.78, 5) is 34.8. The maximum atomic E-state index is 13.5. The third-order valence-corrected chi connectivity index (χ3v) is 3.70. The van der Waals surface area contributed by atoms with Gasteiger partial charge in [0.15, 0.2) is 17.7 Å². The number of rotatable bonds is 8. The number of amides is 2. The standard InChI is InChI=1S/C20H21FN2O6/c1-13(28-17-6-4-3-5-16(17)21)20(26)23-22-18(24)11-9-14-7-8-15(29-14)10-12-19(25)27-2/h3-9,11,13H,10,12H2,1-2H3,(H,22,24)(H,23,26)/b11-9+/t13-/m0/s1. The Morgan fingerprint density at radius 2 is 1.93 bits per heavy atom. The molecule has 0 saturated heterocycles. The van der Waals surface area contributed by atoms with E-state index in [0.717, 1.165) is 6.08 Å². The van der Waals surface area contributed by atoms with Gasteiger partial charge in [-0.05, 0) is 37.3 Å². The number of hydrogen-bond donors (Lipinski definition) is 2. The first-order chi connectivity index (χ1) is 13.9. The number of nitrogens with one attached hydrogen (secondary N) is 2. The van der Waals surface area contributed by atoms with E-state index in [1.54, 1.807) is 18.2 Å². The highest BCUT2D eigenvalue weighted by molar-refractivity contribution is 5.93. The average Bonchev–Trinajstić information content (AvgIpc) is 3.18. The molecule has 0 bridgehead atoms. The molecule has 8 nitrogen and oxygen atoms in total. The highest BCUT2D eigenvalue weighted by Gasteiger charge is 2.16. The van der Waals surface area contributed by atoms with Crippen LogP contribution in [0.3, 0.4) is 0 Å². The van der Waals surface area contributed by atoms with E-state index in [1.165, 1.54) is 38.3 Å². The molecule has 1 heterocycles. The number of hydrogen-bond acceptors (Lipinski definition) is 6. The first-order valence-corrected chi connectivity index (χ1v) is 8.73. The Kier molecular flexibility index (Phi) is 7.96. The number of furan rings is 1. The molecule has 2 rings (SSSR count). The van der Waals surface area contributed by atoms with Gasteiger partial charge >= 0.3 is 5.97 Å².